The number of rotatable bonds is 9. The molecule has 0 atom stereocenters. The molecule has 0 spiro atoms. The lowest BCUT2D eigenvalue weighted by atomic mass is 10.1. The molecule has 1 saturated heterocycles. The molecule has 0 amide bonds. The van der Waals surface area contributed by atoms with Gasteiger partial charge in [0.25, 0.3) is 0 Å². The molecule has 0 unspecified atom stereocenters. The van der Waals surface area contributed by atoms with E-state index in [0.29, 0.717) is 32.7 Å². The number of ether oxygens (including phenoxy) is 3. The number of nitrogens with zero attached hydrogens (tertiary/aromatic N) is 1. The van der Waals surface area contributed by atoms with Crippen LogP contribution in [0.3, 0.4) is 0 Å². The monoisotopic (exact) mass is 323 g/mol. The van der Waals surface area contributed by atoms with E-state index in [9.17, 15) is 4.79 Å². The van der Waals surface area contributed by atoms with E-state index >= 15 is 0 Å². The Morgan fingerprint density at radius 2 is 2.13 bits per heavy atom. The molecule has 1 aliphatic heterocycles. The Balaban J connectivity index is 1.92. The van der Waals surface area contributed by atoms with Crippen LogP contribution in [-0.4, -0.2) is 41.7 Å². The Morgan fingerprint density at radius 1 is 1.39 bits per heavy atom. The minimum Gasteiger partial charge on any atom is -0.493 e. The number of carbonyl (C=O) groups is 1. The van der Waals surface area contributed by atoms with Crippen LogP contribution in [0.4, 0.5) is 0 Å². The summed E-state index contributed by atoms with van der Waals surface area (Å²) in [4.78, 5) is 14.9. The van der Waals surface area contributed by atoms with Crippen molar-refractivity contribution in [2.45, 2.75) is 51.7 Å². The third kappa shape index (κ3) is 4.91. The molecule has 1 fully saturated rings. The molecule has 1 N–H and O–H groups in total. The molecule has 1 aromatic rings. The highest BCUT2D eigenvalue weighted by Crippen LogP contribution is 2.29. The van der Waals surface area contributed by atoms with E-state index in [1.165, 1.54) is 0 Å². The van der Waals surface area contributed by atoms with E-state index in [1.54, 1.807) is 6.20 Å². The first-order valence-corrected chi connectivity index (χ1v) is 8.13. The smallest absolute Gasteiger partial charge is 0.303 e. The highest BCUT2D eigenvalue weighted by atomic mass is 16.7. The maximum atomic E-state index is 10.7. The highest BCUT2D eigenvalue weighted by Gasteiger charge is 2.35. The number of carboxylic acid groups (broad SMARTS) is 1. The molecule has 0 radical (unpaired) electrons. The summed E-state index contributed by atoms with van der Waals surface area (Å²) in [7, 11) is 0. The van der Waals surface area contributed by atoms with Crippen molar-refractivity contribution in [3.05, 3.63) is 23.5 Å². The molecule has 0 aromatic carbocycles. The lowest BCUT2D eigenvalue weighted by molar-refractivity contribution is -0.170. The number of carboxylic acids is 1. The fourth-order valence-electron chi connectivity index (χ4n) is 2.80. The van der Waals surface area contributed by atoms with Gasteiger partial charge in [0.2, 0.25) is 0 Å². The topological polar surface area (TPSA) is 77.9 Å². The van der Waals surface area contributed by atoms with Crippen LogP contribution in [0.25, 0.3) is 0 Å². The van der Waals surface area contributed by atoms with Gasteiger partial charge in [0.05, 0.1) is 26.2 Å². The number of pyridine rings is 1. The van der Waals surface area contributed by atoms with Gasteiger partial charge in [-0.15, -0.1) is 0 Å². The summed E-state index contributed by atoms with van der Waals surface area (Å²) in [5, 5.41) is 8.79. The van der Waals surface area contributed by atoms with Gasteiger partial charge in [-0.05, 0) is 13.0 Å². The van der Waals surface area contributed by atoms with Crippen molar-refractivity contribution in [3.63, 3.8) is 0 Å². The molecule has 2 rings (SSSR count). The summed E-state index contributed by atoms with van der Waals surface area (Å²) in [6.07, 6.45) is 4.66. The van der Waals surface area contributed by atoms with E-state index in [2.05, 4.69) is 11.9 Å². The van der Waals surface area contributed by atoms with Crippen LogP contribution < -0.4 is 4.74 Å². The summed E-state index contributed by atoms with van der Waals surface area (Å²) in [6.45, 7) is 5.77. The molecule has 1 aliphatic rings. The standard InChI is InChI=1S/C17H25NO5/c1-3-7-17(22-11-12-23-17)8-10-21-15-6-9-18-14(13(15)2)4-5-16(19)20/h6,9H,3-5,7-8,10-12H2,1-2H3,(H,19,20). The Bertz CT molecular complexity index is 526. The van der Waals surface area contributed by atoms with Crippen molar-refractivity contribution < 1.29 is 24.1 Å². The molecular formula is C17H25NO5. The van der Waals surface area contributed by atoms with Crippen LogP contribution >= 0.6 is 0 Å². The van der Waals surface area contributed by atoms with Crippen LogP contribution in [0.2, 0.25) is 0 Å². The van der Waals surface area contributed by atoms with Gasteiger partial charge in [0, 0.05) is 36.7 Å². The lowest BCUT2D eigenvalue weighted by Crippen LogP contribution is -2.32. The SMILES string of the molecule is CCCC1(CCOc2ccnc(CCC(=O)O)c2C)OCCO1. The van der Waals surface area contributed by atoms with E-state index < -0.39 is 11.8 Å². The molecule has 6 heteroatoms. The van der Waals surface area contributed by atoms with Crippen molar-refractivity contribution in [2.24, 2.45) is 0 Å². The van der Waals surface area contributed by atoms with Crippen molar-refractivity contribution in [2.75, 3.05) is 19.8 Å². The molecule has 0 saturated carbocycles. The second-order valence-electron chi connectivity index (χ2n) is 5.73. The van der Waals surface area contributed by atoms with E-state index in [4.69, 9.17) is 19.3 Å². The molecule has 2 heterocycles. The molecule has 6 nitrogen and oxygen atoms in total. The van der Waals surface area contributed by atoms with Crippen molar-refractivity contribution in [1.29, 1.82) is 0 Å². The quantitative estimate of drug-likeness (QED) is 0.753. The van der Waals surface area contributed by atoms with Crippen molar-refractivity contribution in [3.8, 4) is 5.75 Å². The second kappa shape index (κ2) is 8.26. The molecule has 128 valence electrons. The zero-order valence-corrected chi connectivity index (χ0v) is 13.8. The second-order valence-corrected chi connectivity index (χ2v) is 5.73. The predicted octanol–water partition coefficient (Wildman–Crippen LogP) is 2.72. The van der Waals surface area contributed by atoms with Gasteiger partial charge in [0.15, 0.2) is 5.79 Å². The summed E-state index contributed by atoms with van der Waals surface area (Å²) < 4.78 is 17.4. The first-order valence-electron chi connectivity index (χ1n) is 8.13. The fourth-order valence-corrected chi connectivity index (χ4v) is 2.80. The van der Waals surface area contributed by atoms with Gasteiger partial charge in [0.1, 0.15) is 5.75 Å². The Kier molecular flexibility index (Phi) is 6.36. The average Bonchev–Trinajstić information content (AvgIpc) is 2.97. The van der Waals surface area contributed by atoms with Gasteiger partial charge in [-0.3, -0.25) is 9.78 Å². The summed E-state index contributed by atoms with van der Waals surface area (Å²) in [5.74, 6) is -0.596. The number of aliphatic carboxylic acids is 1. The fraction of sp³-hybridized carbons (Fsp3) is 0.647. The predicted molar refractivity (Wildman–Crippen MR) is 84.6 cm³/mol. The first-order chi connectivity index (χ1) is 11.1. The third-order valence-electron chi connectivity index (χ3n) is 4.02. The summed E-state index contributed by atoms with van der Waals surface area (Å²) in [5.41, 5.74) is 1.66. The van der Waals surface area contributed by atoms with Crippen LogP contribution in [0.5, 0.6) is 5.75 Å². The maximum Gasteiger partial charge on any atom is 0.303 e. The van der Waals surface area contributed by atoms with Crippen LogP contribution in [0.1, 0.15) is 43.9 Å². The van der Waals surface area contributed by atoms with Crippen LogP contribution in [0, 0.1) is 6.92 Å². The molecule has 23 heavy (non-hydrogen) atoms. The van der Waals surface area contributed by atoms with E-state index in [-0.39, 0.29) is 6.42 Å². The number of hydrogen-bond donors (Lipinski definition) is 1. The van der Waals surface area contributed by atoms with Crippen LogP contribution in [-0.2, 0) is 20.7 Å². The molecule has 0 aliphatic carbocycles. The number of aromatic nitrogens is 1. The molecule has 1 aromatic heterocycles. The Hall–Kier alpha value is -1.66. The first kappa shape index (κ1) is 17.7. The van der Waals surface area contributed by atoms with Gasteiger partial charge < -0.3 is 19.3 Å². The third-order valence-corrected chi connectivity index (χ3v) is 4.02. The minimum absolute atomic E-state index is 0.0680. The van der Waals surface area contributed by atoms with E-state index in [0.717, 1.165) is 29.8 Å². The van der Waals surface area contributed by atoms with Gasteiger partial charge in [-0.2, -0.15) is 0 Å². The Labute approximate surface area is 136 Å². The average molecular weight is 323 g/mol. The summed E-state index contributed by atoms with van der Waals surface area (Å²) in [6, 6.07) is 1.81. The summed E-state index contributed by atoms with van der Waals surface area (Å²) >= 11 is 0. The highest BCUT2D eigenvalue weighted by molar-refractivity contribution is 5.67. The van der Waals surface area contributed by atoms with Gasteiger partial charge in [-0.25, -0.2) is 0 Å². The van der Waals surface area contributed by atoms with Gasteiger partial charge >= 0.3 is 5.97 Å². The molecule has 0 bridgehead atoms. The van der Waals surface area contributed by atoms with Gasteiger partial charge in [-0.1, -0.05) is 13.3 Å². The normalized spacial score (nSPS) is 16.4. The molecular weight excluding hydrogens is 298 g/mol. The zero-order valence-electron chi connectivity index (χ0n) is 13.8. The minimum atomic E-state index is -0.824. The number of aryl methyl sites for hydroxylation is 1. The lowest BCUT2D eigenvalue weighted by Gasteiger charge is -2.27. The maximum absolute atomic E-state index is 10.7. The zero-order chi connectivity index (χ0) is 16.7. The number of hydrogen-bond acceptors (Lipinski definition) is 5. The van der Waals surface area contributed by atoms with Crippen molar-refractivity contribution >= 4 is 5.97 Å². The Morgan fingerprint density at radius 3 is 2.78 bits per heavy atom. The van der Waals surface area contributed by atoms with Crippen molar-refractivity contribution in [1.82, 2.24) is 4.98 Å². The van der Waals surface area contributed by atoms with E-state index in [1.807, 2.05) is 13.0 Å². The largest absolute Gasteiger partial charge is 0.493 e. The van der Waals surface area contributed by atoms with Crippen LogP contribution in [0.15, 0.2) is 12.3 Å².